The largest absolute Gasteiger partial charge is 0.343 e. The van der Waals surface area contributed by atoms with Crippen LogP contribution in [0, 0.1) is 0 Å². The van der Waals surface area contributed by atoms with Crippen molar-refractivity contribution in [2.75, 3.05) is 19.6 Å². The minimum Gasteiger partial charge on any atom is -0.343 e. The van der Waals surface area contributed by atoms with Gasteiger partial charge >= 0.3 is 0 Å². The van der Waals surface area contributed by atoms with E-state index in [2.05, 4.69) is 5.32 Å². The van der Waals surface area contributed by atoms with E-state index in [4.69, 9.17) is 5.73 Å². The van der Waals surface area contributed by atoms with Crippen LogP contribution in [0.25, 0.3) is 10.1 Å². The lowest BCUT2D eigenvalue weighted by molar-refractivity contribution is -0.135. The number of nitrogens with zero attached hydrogens (tertiary/aromatic N) is 2. The Morgan fingerprint density at radius 1 is 1.09 bits per heavy atom. The molecule has 9 heteroatoms. The normalized spacial score (nSPS) is 19.5. The van der Waals surface area contributed by atoms with Crippen molar-refractivity contribution < 1.29 is 19.2 Å². The molecule has 2 atom stereocenters. The maximum absolute atomic E-state index is 13.3. The van der Waals surface area contributed by atoms with Crippen molar-refractivity contribution in [3.63, 3.8) is 0 Å². The highest BCUT2D eigenvalue weighted by molar-refractivity contribution is 7.17. The lowest BCUT2D eigenvalue weighted by Crippen LogP contribution is -2.47. The van der Waals surface area contributed by atoms with Gasteiger partial charge in [-0.25, -0.2) is 0 Å². The molecule has 3 aromatic rings. The molecule has 2 fully saturated rings. The molecule has 2 saturated heterocycles. The number of carbonyl (C=O) groups is 4. The molecule has 8 nitrogen and oxygen atoms in total. The van der Waals surface area contributed by atoms with Gasteiger partial charge in [0.1, 0.15) is 6.04 Å². The summed E-state index contributed by atoms with van der Waals surface area (Å²) in [5.41, 5.74) is 7.46. The number of hydrogen-bond acceptors (Lipinski definition) is 6. The minimum atomic E-state index is -0.668. The van der Waals surface area contributed by atoms with Crippen LogP contribution in [0.1, 0.15) is 32.7 Å². The predicted molar refractivity (Wildman–Crippen MR) is 128 cm³/mol. The lowest BCUT2D eigenvalue weighted by atomic mass is 10.1. The fourth-order valence-electron chi connectivity index (χ4n) is 4.87. The molecule has 0 spiro atoms. The number of ketones is 1. The second kappa shape index (κ2) is 9.00. The number of nitrogens with one attached hydrogen (secondary N) is 1. The van der Waals surface area contributed by atoms with Crippen LogP contribution >= 0.6 is 11.3 Å². The third-order valence-electron chi connectivity index (χ3n) is 6.54. The van der Waals surface area contributed by atoms with Crippen molar-refractivity contribution in [1.82, 2.24) is 15.1 Å². The zero-order chi connectivity index (χ0) is 23.8. The first-order valence-electron chi connectivity index (χ1n) is 11.1. The Morgan fingerprint density at radius 3 is 2.74 bits per heavy atom. The topological polar surface area (TPSA) is 113 Å². The van der Waals surface area contributed by atoms with Gasteiger partial charge in [0.15, 0.2) is 5.78 Å². The minimum absolute atomic E-state index is 0.0135. The Hall–Kier alpha value is -3.56. The van der Waals surface area contributed by atoms with E-state index in [-0.39, 0.29) is 42.6 Å². The standard InChI is InChI=1S/C25H24N4O4S/c26-11-15-4-3-5-16(10-15)24(32)27-12-22(31)28-9-8-19-23(28)20(30)13-29(19)25(33)18-14-34-21-7-2-1-6-17(18)21/h1-7,10,14,19,23H,8-9,11-13,26H2,(H,27,32)/t19-,23+/m1/s1. The molecule has 2 aromatic carbocycles. The van der Waals surface area contributed by atoms with Crippen LogP contribution in [0.4, 0.5) is 0 Å². The first-order chi connectivity index (χ1) is 16.5. The molecule has 1 aromatic heterocycles. The van der Waals surface area contributed by atoms with E-state index in [0.29, 0.717) is 30.6 Å². The molecule has 0 aliphatic carbocycles. The summed E-state index contributed by atoms with van der Waals surface area (Å²) in [6, 6.07) is 13.6. The van der Waals surface area contributed by atoms with Crippen LogP contribution in [-0.2, 0) is 16.1 Å². The van der Waals surface area contributed by atoms with E-state index < -0.39 is 6.04 Å². The number of carbonyl (C=O) groups excluding carboxylic acids is 4. The first-order valence-corrected chi connectivity index (χ1v) is 12.0. The highest BCUT2D eigenvalue weighted by atomic mass is 32.1. The van der Waals surface area contributed by atoms with Gasteiger partial charge < -0.3 is 20.9 Å². The van der Waals surface area contributed by atoms with Crippen molar-refractivity contribution in [1.29, 1.82) is 0 Å². The summed E-state index contributed by atoms with van der Waals surface area (Å²) in [4.78, 5) is 54.7. The molecule has 2 aliphatic rings. The number of benzene rings is 2. The summed E-state index contributed by atoms with van der Waals surface area (Å²) >= 11 is 1.50. The van der Waals surface area contributed by atoms with E-state index in [1.165, 1.54) is 16.2 Å². The summed E-state index contributed by atoms with van der Waals surface area (Å²) < 4.78 is 1.02. The SMILES string of the molecule is NCc1cccc(C(=O)NCC(=O)N2CC[C@@H]3[C@H]2C(=O)CN3C(=O)c2csc3ccccc23)c1. The second-order valence-corrected chi connectivity index (χ2v) is 9.43. The third-order valence-corrected chi connectivity index (χ3v) is 7.50. The van der Waals surface area contributed by atoms with Crippen molar-refractivity contribution in [2.45, 2.75) is 25.0 Å². The summed E-state index contributed by atoms with van der Waals surface area (Å²) in [5.74, 6) is -1.04. The van der Waals surface area contributed by atoms with Gasteiger partial charge in [0.25, 0.3) is 11.8 Å². The van der Waals surface area contributed by atoms with Crippen LogP contribution < -0.4 is 11.1 Å². The number of hydrogen-bond donors (Lipinski definition) is 2. The average Bonchev–Trinajstić information content (AvgIpc) is 3.57. The number of likely N-dealkylation sites (tertiary alicyclic amines) is 2. The fourth-order valence-corrected chi connectivity index (χ4v) is 5.80. The highest BCUT2D eigenvalue weighted by Gasteiger charge is 2.51. The highest BCUT2D eigenvalue weighted by Crippen LogP contribution is 2.33. The molecule has 0 radical (unpaired) electrons. The summed E-state index contributed by atoms with van der Waals surface area (Å²) in [6.45, 7) is 0.452. The molecular formula is C25H24N4O4S. The number of Topliss-reactive ketones (excluding diaryl/α,β-unsaturated/α-hetero) is 1. The van der Waals surface area contributed by atoms with Crippen molar-refractivity contribution >= 4 is 44.9 Å². The van der Waals surface area contributed by atoms with Gasteiger partial charge in [-0.05, 0) is 30.2 Å². The summed E-state index contributed by atoms with van der Waals surface area (Å²) in [5, 5.41) is 5.34. The molecule has 34 heavy (non-hydrogen) atoms. The Morgan fingerprint density at radius 2 is 1.91 bits per heavy atom. The van der Waals surface area contributed by atoms with Gasteiger partial charge in [-0.1, -0.05) is 30.3 Å². The van der Waals surface area contributed by atoms with Crippen molar-refractivity contribution in [3.05, 3.63) is 70.6 Å². The molecule has 2 aliphatic heterocycles. The van der Waals surface area contributed by atoms with E-state index >= 15 is 0 Å². The van der Waals surface area contributed by atoms with E-state index in [9.17, 15) is 19.2 Å². The van der Waals surface area contributed by atoms with Gasteiger partial charge in [0.05, 0.1) is 24.7 Å². The first kappa shape index (κ1) is 22.2. The zero-order valence-corrected chi connectivity index (χ0v) is 19.2. The van der Waals surface area contributed by atoms with Gasteiger partial charge in [-0.3, -0.25) is 19.2 Å². The average molecular weight is 477 g/mol. The second-order valence-electron chi connectivity index (χ2n) is 8.52. The van der Waals surface area contributed by atoms with Crippen molar-refractivity contribution in [3.8, 4) is 0 Å². The Balaban J connectivity index is 1.26. The lowest BCUT2D eigenvalue weighted by Gasteiger charge is -2.24. The quantitative estimate of drug-likeness (QED) is 0.583. The molecule has 3 amide bonds. The van der Waals surface area contributed by atoms with Crippen LogP contribution in [0.3, 0.4) is 0 Å². The Kier molecular flexibility index (Phi) is 5.89. The molecule has 0 unspecified atom stereocenters. The van der Waals surface area contributed by atoms with Gasteiger partial charge in [0, 0.05) is 34.1 Å². The molecular weight excluding hydrogens is 452 g/mol. The van der Waals surface area contributed by atoms with Crippen LogP contribution in [-0.4, -0.2) is 65.0 Å². The zero-order valence-electron chi connectivity index (χ0n) is 18.4. The van der Waals surface area contributed by atoms with Crippen molar-refractivity contribution in [2.24, 2.45) is 5.73 Å². The van der Waals surface area contributed by atoms with E-state index in [1.807, 2.05) is 35.7 Å². The molecule has 0 bridgehead atoms. The van der Waals surface area contributed by atoms with Crippen LogP contribution in [0.5, 0.6) is 0 Å². The molecule has 5 rings (SSSR count). The Bertz CT molecular complexity index is 1300. The van der Waals surface area contributed by atoms with Gasteiger partial charge in [-0.15, -0.1) is 11.3 Å². The molecule has 3 N–H and O–H groups in total. The fraction of sp³-hybridized carbons (Fsp3) is 0.280. The predicted octanol–water partition coefficient (Wildman–Crippen LogP) is 1.78. The summed E-state index contributed by atoms with van der Waals surface area (Å²) in [6.07, 6.45) is 0.530. The smallest absolute Gasteiger partial charge is 0.256 e. The van der Waals surface area contributed by atoms with E-state index in [0.717, 1.165) is 15.6 Å². The van der Waals surface area contributed by atoms with Gasteiger partial charge in [-0.2, -0.15) is 0 Å². The maximum Gasteiger partial charge on any atom is 0.256 e. The molecule has 3 heterocycles. The molecule has 174 valence electrons. The number of nitrogens with two attached hydrogens (primary N) is 1. The van der Waals surface area contributed by atoms with Gasteiger partial charge in [0.2, 0.25) is 5.91 Å². The number of fused-ring (bicyclic) bond motifs is 2. The number of rotatable bonds is 5. The monoisotopic (exact) mass is 476 g/mol. The third kappa shape index (κ3) is 3.86. The number of thiophene rings is 1. The Labute approximate surface area is 200 Å². The van der Waals surface area contributed by atoms with Crippen LogP contribution in [0.2, 0.25) is 0 Å². The molecule has 0 saturated carbocycles. The van der Waals surface area contributed by atoms with E-state index in [1.54, 1.807) is 23.1 Å². The number of amides is 3. The van der Waals surface area contributed by atoms with Crippen LogP contribution in [0.15, 0.2) is 53.9 Å². The summed E-state index contributed by atoms with van der Waals surface area (Å²) in [7, 11) is 0. The maximum atomic E-state index is 13.3.